The van der Waals surface area contributed by atoms with E-state index in [2.05, 4.69) is 5.32 Å². The molecule has 14 heavy (non-hydrogen) atoms. The van der Waals surface area contributed by atoms with Crippen molar-refractivity contribution >= 4 is 5.91 Å². The van der Waals surface area contributed by atoms with Crippen LogP contribution in [0.3, 0.4) is 0 Å². The van der Waals surface area contributed by atoms with Crippen LogP contribution in [-0.2, 0) is 9.53 Å². The van der Waals surface area contributed by atoms with Crippen LogP contribution < -0.4 is 5.32 Å². The molecule has 3 heteroatoms. The Morgan fingerprint density at radius 2 is 2.00 bits per heavy atom. The minimum absolute atomic E-state index is 0.248. The van der Waals surface area contributed by atoms with E-state index < -0.39 is 0 Å². The van der Waals surface area contributed by atoms with E-state index in [1.54, 1.807) is 0 Å². The zero-order valence-corrected chi connectivity index (χ0v) is 8.63. The highest BCUT2D eigenvalue weighted by Gasteiger charge is 2.23. The van der Waals surface area contributed by atoms with Crippen molar-refractivity contribution in [3.63, 3.8) is 0 Å². The number of hydrogen-bond donors (Lipinski definition) is 1. The van der Waals surface area contributed by atoms with E-state index in [1.165, 1.54) is 12.8 Å². The van der Waals surface area contributed by atoms with Gasteiger partial charge in [-0.1, -0.05) is 12.8 Å². The van der Waals surface area contributed by atoms with Crippen molar-refractivity contribution in [2.24, 2.45) is 5.92 Å². The van der Waals surface area contributed by atoms with Crippen molar-refractivity contribution in [2.45, 2.75) is 44.6 Å². The van der Waals surface area contributed by atoms with Gasteiger partial charge in [0.05, 0.1) is 6.10 Å². The molecule has 1 heterocycles. The fraction of sp³-hybridized carbons (Fsp3) is 0.909. The average molecular weight is 197 g/mol. The van der Waals surface area contributed by atoms with Crippen LogP contribution in [0.1, 0.15) is 38.5 Å². The zero-order chi connectivity index (χ0) is 9.80. The highest BCUT2D eigenvalue weighted by atomic mass is 16.5. The molecule has 0 unspecified atom stereocenters. The Morgan fingerprint density at radius 1 is 1.21 bits per heavy atom. The van der Waals surface area contributed by atoms with Crippen LogP contribution in [0.4, 0.5) is 0 Å². The van der Waals surface area contributed by atoms with Crippen LogP contribution in [0.2, 0.25) is 0 Å². The van der Waals surface area contributed by atoms with Crippen molar-refractivity contribution in [1.29, 1.82) is 0 Å². The fourth-order valence-corrected chi connectivity index (χ4v) is 2.35. The number of carbonyl (C=O) groups is 1. The molecule has 2 aliphatic rings. The summed E-state index contributed by atoms with van der Waals surface area (Å²) in [7, 11) is 0. The molecule has 1 aliphatic heterocycles. The van der Waals surface area contributed by atoms with Crippen molar-refractivity contribution in [3.05, 3.63) is 0 Å². The molecule has 1 N–H and O–H groups in total. The third-order valence-electron chi connectivity index (χ3n) is 3.25. The summed E-state index contributed by atoms with van der Waals surface area (Å²) in [5.74, 6) is 0.536. The first kappa shape index (κ1) is 9.97. The average Bonchev–Trinajstić information content (AvgIpc) is 2.87. The van der Waals surface area contributed by atoms with Crippen LogP contribution in [0.5, 0.6) is 0 Å². The topological polar surface area (TPSA) is 38.3 Å². The highest BCUT2D eigenvalue weighted by Crippen LogP contribution is 2.24. The molecule has 0 aromatic heterocycles. The second kappa shape index (κ2) is 4.78. The second-order valence-electron chi connectivity index (χ2n) is 4.36. The van der Waals surface area contributed by atoms with Gasteiger partial charge in [0, 0.05) is 19.1 Å². The molecule has 2 fully saturated rings. The van der Waals surface area contributed by atoms with Crippen LogP contribution in [0.25, 0.3) is 0 Å². The summed E-state index contributed by atoms with van der Waals surface area (Å²) in [6, 6.07) is 0. The first-order valence-corrected chi connectivity index (χ1v) is 5.75. The number of hydrogen-bond acceptors (Lipinski definition) is 2. The normalized spacial score (nSPS) is 28.1. The number of rotatable bonds is 3. The minimum atomic E-state index is 0.248. The van der Waals surface area contributed by atoms with Gasteiger partial charge in [0.2, 0.25) is 5.91 Å². The van der Waals surface area contributed by atoms with Crippen LogP contribution >= 0.6 is 0 Å². The lowest BCUT2D eigenvalue weighted by molar-refractivity contribution is -0.125. The van der Waals surface area contributed by atoms with E-state index in [1.807, 2.05) is 0 Å². The molecule has 80 valence electrons. The maximum Gasteiger partial charge on any atom is 0.223 e. The van der Waals surface area contributed by atoms with E-state index in [9.17, 15) is 4.79 Å². The zero-order valence-electron chi connectivity index (χ0n) is 8.63. The molecule has 1 atom stereocenters. The molecule has 1 saturated carbocycles. The third kappa shape index (κ3) is 2.47. The van der Waals surface area contributed by atoms with E-state index in [4.69, 9.17) is 4.74 Å². The largest absolute Gasteiger partial charge is 0.376 e. The summed E-state index contributed by atoms with van der Waals surface area (Å²) in [5, 5.41) is 3.00. The monoisotopic (exact) mass is 197 g/mol. The Bertz CT molecular complexity index is 193. The molecular weight excluding hydrogens is 178 g/mol. The molecule has 1 aliphatic carbocycles. The Morgan fingerprint density at radius 3 is 2.64 bits per heavy atom. The van der Waals surface area contributed by atoms with Gasteiger partial charge in [0.25, 0.3) is 0 Å². The Hall–Kier alpha value is -0.570. The van der Waals surface area contributed by atoms with Crippen LogP contribution in [-0.4, -0.2) is 25.2 Å². The van der Waals surface area contributed by atoms with E-state index in [0.717, 1.165) is 38.8 Å². The molecule has 0 aromatic rings. The maximum absolute atomic E-state index is 11.6. The second-order valence-corrected chi connectivity index (χ2v) is 4.36. The molecule has 1 saturated heterocycles. The lowest BCUT2D eigenvalue weighted by atomic mass is 10.1. The van der Waals surface area contributed by atoms with Gasteiger partial charge < -0.3 is 10.1 Å². The summed E-state index contributed by atoms with van der Waals surface area (Å²) >= 11 is 0. The van der Waals surface area contributed by atoms with Crippen molar-refractivity contribution in [1.82, 2.24) is 5.32 Å². The fourth-order valence-electron chi connectivity index (χ4n) is 2.35. The van der Waals surface area contributed by atoms with Gasteiger partial charge in [0.15, 0.2) is 0 Å². The van der Waals surface area contributed by atoms with Crippen LogP contribution in [0.15, 0.2) is 0 Å². The summed E-state index contributed by atoms with van der Waals surface area (Å²) in [4.78, 5) is 11.6. The van der Waals surface area contributed by atoms with Gasteiger partial charge in [-0.05, 0) is 25.7 Å². The van der Waals surface area contributed by atoms with E-state index >= 15 is 0 Å². The van der Waals surface area contributed by atoms with Gasteiger partial charge in [0.1, 0.15) is 0 Å². The Labute approximate surface area is 85.2 Å². The predicted octanol–water partition coefficient (Wildman–Crippen LogP) is 1.47. The lowest BCUT2D eigenvalue weighted by Crippen LogP contribution is -2.35. The van der Waals surface area contributed by atoms with Gasteiger partial charge >= 0.3 is 0 Å². The van der Waals surface area contributed by atoms with E-state index in [0.29, 0.717) is 0 Å². The standard InChI is InChI=1S/C11H19NO2/c13-11(9-4-1-2-5-9)12-8-10-6-3-7-14-10/h9-10H,1-8H2,(H,12,13)/t10-/m0/s1. The highest BCUT2D eigenvalue weighted by molar-refractivity contribution is 5.78. The SMILES string of the molecule is O=C(NC[C@@H]1CCCO1)C1CCCC1. The molecule has 0 bridgehead atoms. The number of ether oxygens (including phenoxy) is 1. The Kier molecular flexibility index (Phi) is 3.40. The molecule has 3 nitrogen and oxygen atoms in total. The van der Waals surface area contributed by atoms with Crippen LogP contribution in [0, 0.1) is 5.92 Å². The number of amides is 1. The van der Waals surface area contributed by atoms with Crippen molar-refractivity contribution < 1.29 is 9.53 Å². The van der Waals surface area contributed by atoms with Crippen molar-refractivity contribution in [2.75, 3.05) is 13.2 Å². The first-order valence-electron chi connectivity index (χ1n) is 5.75. The Balaban J connectivity index is 1.66. The molecule has 2 rings (SSSR count). The van der Waals surface area contributed by atoms with Gasteiger partial charge in [-0.2, -0.15) is 0 Å². The van der Waals surface area contributed by atoms with E-state index in [-0.39, 0.29) is 17.9 Å². The molecule has 1 amide bonds. The van der Waals surface area contributed by atoms with Gasteiger partial charge in [-0.15, -0.1) is 0 Å². The molecule has 0 spiro atoms. The quantitative estimate of drug-likeness (QED) is 0.744. The summed E-state index contributed by atoms with van der Waals surface area (Å²) in [6.45, 7) is 1.58. The van der Waals surface area contributed by atoms with Gasteiger partial charge in [-0.3, -0.25) is 4.79 Å². The number of nitrogens with one attached hydrogen (secondary N) is 1. The summed E-state index contributed by atoms with van der Waals surface area (Å²) in [5.41, 5.74) is 0. The first-order chi connectivity index (χ1) is 6.86. The summed E-state index contributed by atoms with van der Waals surface area (Å²) in [6.07, 6.45) is 7.12. The summed E-state index contributed by atoms with van der Waals surface area (Å²) < 4.78 is 5.45. The third-order valence-corrected chi connectivity index (χ3v) is 3.25. The number of carbonyl (C=O) groups excluding carboxylic acids is 1. The van der Waals surface area contributed by atoms with Crippen molar-refractivity contribution in [3.8, 4) is 0 Å². The predicted molar refractivity (Wildman–Crippen MR) is 53.9 cm³/mol. The molecule has 0 aromatic carbocycles. The molecule has 0 radical (unpaired) electrons. The van der Waals surface area contributed by atoms with Gasteiger partial charge in [-0.25, -0.2) is 0 Å². The smallest absolute Gasteiger partial charge is 0.223 e. The minimum Gasteiger partial charge on any atom is -0.376 e. The molecular formula is C11H19NO2. The maximum atomic E-state index is 11.6. The lowest BCUT2D eigenvalue weighted by Gasteiger charge is -2.13.